The first-order valence-electron chi connectivity index (χ1n) is 10.2. The Morgan fingerprint density at radius 3 is 2.62 bits per heavy atom. The molecule has 2 aromatic carbocycles. The fourth-order valence-electron chi connectivity index (χ4n) is 3.62. The van der Waals surface area contributed by atoms with Crippen molar-refractivity contribution in [2.24, 2.45) is 4.99 Å². The molecule has 1 fully saturated rings. The van der Waals surface area contributed by atoms with Gasteiger partial charge in [0, 0.05) is 36.9 Å². The van der Waals surface area contributed by atoms with Gasteiger partial charge in [0.1, 0.15) is 0 Å². The third kappa shape index (κ3) is 5.34. The summed E-state index contributed by atoms with van der Waals surface area (Å²) in [6.45, 7) is 7.55. The van der Waals surface area contributed by atoms with E-state index < -0.39 is 0 Å². The van der Waals surface area contributed by atoms with Crippen LogP contribution in [-0.2, 0) is 6.54 Å². The number of para-hydroxylation sites is 1. The molecule has 0 radical (unpaired) electrons. The lowest BCUT2D eigenvalue weighted by Crippen LogP contribution is -2.44. The van der Waals surface area contributed by atoms with Crippen LogP contribution in [0.3, 0.4) is 0 Å². The van der Waals surface area contributed by atoms with Crippen LogP contribution in [0.4, 0.5) is 5.69 Å². The number of guanidine groups is 1. The quantitative estimate of drug-likeness (QED) is 0.555. The number of hydrogen-bond donors (Lipinski definition) is 2. The summed E-state index contributed by atoms with van der Waals surface area (Å²) in [6, 6.07) is 15.0. The van der Waals surface area contributed by atoms with Gasteiger partial charge in [0.05, 0.1) is 20.8 Å². The highest BCUT2D eigenvalue weighted by atomic mass is 16.5. The SMILES string of the molecule is CCNC(=NCc1cccc(OC)c1OC)NC1CCN(c2ccc(C)cc2)C1. The molecule has 1 aliphatic heterocycles. The first-order chi connectivity index (χ1) is 14.1. The first kappa shape index (κ1) is 20.8. The number of methoxy groups -OCH3 is 2. The highest BCUT2D eigenvalue weighted by molar-refractivity contribution is 5.80. The fourth-order valence-corrected chi connectivity index (χ4v) is 3.62. The van der Waals surface area contributed by atoms with E-state index in [0.717, 1.165) is 49.1 Å². The van der Waals surface area contributed by atoms with Crippen molar-refractivity contribution in [3.8, 4) is 11.5 Å². The molecule has 29 heavy (non-hydrogen) atoms. The van der Waals surface area contributed by atoms with Crippen molar-refractivity contribution in [1.29, 1.82) is 0 Å². The predicted octanol–water partition coefficient (Wildman–Crippen LogP) is 3.35. The molecule has 3 rings (SSSR count). The Morgan fingerprint density at radius 1 is 1.14 bits per heavy atom. The summed E-state index contributed by atoms with van der Waals surface area (Å²) in [5, 5.41) is 6.95. The van der Waals surface area contributed by atoms with Gasteiger partial charge < -0.3 is 25.0 Å². The van der Waals surface area contributed by atoms with Gasteiger partial charge in [-0.25, -0.2) is 4.99 Å². The molecule has 0 bridgehead atoms. The van der Waals surface area contributed by atoms with Crippen molar-refractivity contribution in [3.63, 3.8) is 0 Å². The van der Waals surface area contributed by atoms with E-state index >= 15 is 0 Å². The number of benzene rings is 2. The normalized spacial score (nSPS) is 16.6. The van der Waals surface area contributed by atoms with Gasteiger partial charge in [0.25, 0.3) is 0 Å². The van der Waals surface area contributed by atoms with E-state index in [-0.39, 0.29) is 0 Å². The van der Waals surface area contributed by atoms with E-state index in [9.17, 15) is 0 Å². The van der Waals surface area contributed by atoms with Crippen LogP contribution in [0.25, 0.3) is 0 Å². The highest BCUT2D eigenvalue weighted by Crippen LogP contribution is 2.31. The molecule has 0 saturated carbocycles. The minimum atomic E-state index is 0.362. The summed E-state index contributed by atoms with van der Waals surface area (Å²) in [6.07, 6.45) is 1.08. The van der Waals surface area contributed by atoms with Crippen molar-refractivity contribution in [2.75, 3.05) is 38.8 Å². The molecule has 1 saturated heterocycles. The molecular formula is C23H32N4O2. The molecule has 0 aliphatic carbocycles. The summed E-state index contributed by atoms with van der Waals surface area (Å²) >= 11 is 0. The van der Waals surface area contributed by atoms with Crippen molar-refractivity contribution >= 4 is 11.6 Å². The van der Waals surface area contributed by atoms with Crippen LogP contribution in [0.1, 0.15) is 24.5 Å². The van der Waals surface area contributed by atoms with Crippen molar-refractivity contribution < 1.29 is 9.47 Å². The Balaban J connectivity index is 1.65. The Kier molecular flexibility index (Phi) is 7.22. The topological polar surface area (TPSA) is 58.1 Å². The van der Waals surface area contributed by atoms with Crippen LogP contribution in [0, 0.1) is 6.92 Å². The lowest BCUT2D eigenvalue weighted by Gasteiger charge is -2.20. The zero-order valence-corrected chi connectivity index (χ0v) is 17.9. The van der Waals surface area contributed by atoms with Crippen molar-refractivity contribution in [1.82, 2.24) is 10.6 Å². The molecule has 1 unspecified atom stereocenters. The predicted molar refractivity (Wildman–Crippen MR) is 119 cm³/mol. The van der Waals surface area contributed by atoms with Gasteiger partial charge in [-0.2, -0.15) is 0 Å². The van der Waals surface area contributed by atoms with E-state index in [2.05, 4.69) is 53.6 Å². The van der Waals surface area contributed by atoms with Gasteiger partial charge in [-0.05, 0) is 38.5 Å². The zero-order valence-electron chi connectivity index (χ0n) is 17.9. The van der Waals surface area contributed by atoms with Gasteiger partial charge in [-0.1, -0.05) is 29.8 Å². The molecule has 6 nitrogen and oxygen atoms in total. The molecule has 0 spiro atoms. The fraction of sp³-hybridized carbons (Fsp3) is 0.435. The lowest BCUT2D eigenvalue weighted by atomic mass is 10.2. The number of rotatable bonds is 7. The molecule has 6 heteroatoms. The van der Waals surface area contributed by atoms with Gasteiger partial charge in [0.15, 0.2) is 17.5 Å². The molecule has 2 N–H and O–H groups in total. The van der Waals surface area contributed by atoms with E-state index in [1.165, 1.54) is 11.3 Å². The molecule has 1 atom stereocenters. The minimum absolute atomic E-state index is 0.362. The van der Waals surface area contributed by atoms with E-state index in [0.29, 0.717) is 12.6 Å². The van der Waals surface area contributed by atoms with Crippen LogP contribution >= 0.6 is 0 Å². The van der Waals surface area contributed by atoms with Crippen LogP contribution in [0.15, 0.2) is 47.5 Å². The van der Waals surface area contributed by atoms with Gasteiger partial charge in [0.2, 0.25) is 0 Å². The summed E-state index contributed by atoms with van der Waals surface area (Å²) in [7, 11) is 3.31. The van der Waals surface area contributed by atoms with E-state index in [4.69, 9.17) is 14.5 Å². The smallest absolute Gasteiger partial charge is 0.191 e. The third-order valence-corrected chi connectivity index (χ3v) is 5.16. The summed E-state index contributed by atoms with van der Waals surface area (Å²) in [5.41, 5.74) is 3.57. The summed E-state index contributed by atoms with van der Waals surface area (Å²) < 4.78 is 10.9. The first-order valence-corrected chi connectivity index (χ1v) is 10.2. The maximum atomic E-state index is 5.52. The zero-order chi connectivity index (χ0) is 20.6. The molecule has 156 valence electrons. The Labute approximate surface area is 173 Å². The third-order valence-electron chi connectivity index (χ3n) is 5.16. The average Bonchev–Trinajstić information content (AvgIpc) is 3.20. The van der Waals surface area contributed by atoms with Crippen LogP contribution in [0.2, 0.25) is 0 Å². The van der Waals surface area contributed by atoms with Crippen LogP contribution in [0.5, 0.6) is 11.5 Å². The number of hydrogen-bond acceptors (Lipinski definition) is 4. The summed E-state index contributed by atoms with van der Waals surface area (Å²) in [4.78, 5) is 7.20. The molecule has 0 amide bonds. The second kappa shape index (κ2) is 10.0. The average molecular weight is 397 g/mol. The van der Waals surface area contributed by atoms with Gasteiger partial charge in [-0.3, -0.25) is 0 Å². The molecular weight excluding hydrogens is 364 g/mol. The van der Waals surface area contributed by atoms with Crippen molar-refractivity contribution in [2.45, 2.75) is 32.9 Å². The molecule has 1 aliphatic rings. The Hall–Kier alpha value is -2.89. The summed E-state index contributed by atoms with van der Waals surface area (Å²) in [5.74, 6) is 2.29. The number of nitrogens with one attached hydrogen (secondary N) is 2. The maximum absolute atomic E-state index is 5.52. The minimum Gasteiger partial charge on any atom is -0.493 e. The number of anilines is 1. The lowest BCUT2D eigenvalue weighted by molar-refractivity contribution is 0.352. The number of aryl methyl sites for hydroxylation is 1. The second-order valence-electron chi connectivity index (χ2n) is 7.26. The van der Waals surface area contributed by atoms with Crippen LogP contribution in [-0.4, -0.2) is 45.9 Å². The maximum Gasteiger partial charge on any atom is 0.191 e. The monoisotopic (exact) mass is 396 g/mol. The highest BCUT2D eigenvalue weighted by Gasteiger charge is 2.23. The number of aliphatic imine (C=N–C) groups is 1. The standard InChI is InChI=1S/C23H32N4O2/c1-5-24-23(25-15-18-7-6-8-21(28-3)22(18)29-4)26-19-13-14-27(16-19)20-11-9-17(2)10-12-20/h6-12,19H,5,13-16H2,1-4H3,(H2,24,25,26). The van der Waals surface area contributed by atoms with Gasteiger partial charge >= 0.3 is 0 Å². The Morgan fingerprint density at radius 2 is 1.93 bits per heavy atom. The number of ether oxygens (including phenoxy) is 2. The second-order valence-corrected chi connectivity index (χ2v) is 7.26. The molecule has 1 heterocycles. The number of nitrogens with zero attached hydrogens (tertiary/aromatic N) is 2. The Bertz CT molecular complexity index is 820. The van der Waals surface area contributed by atoms with Gasteiger partial charge in [-0.15, -0.1) is 0 Å². The van der Waals surface area contributed by atoms with E-state index in [1.807, 2.05) is 18.2 Å². The largest absolute Gasteiger partial charge is 0.493 e. The van der Waals surface area contributed by atoms with Crippen LogP contribution < -0.4 is 25.0 Å². The van der Waals surface area contributed by atoms with E-state index in [1.54, 1.807) is 14.2 Å². The van der Waals surface area contributed by atoms with Crippen molar-refractivity contribution in [3.05, 3.63) is 53.6 Å². The molecule has 0 aromatic heterocycles. The molecule has 2 aromatic rings.